The van der Waals surface area contributed by atoms with Crippen LogP contribution in [0.1, 0.15) is 58.8 Å². The molecule has 1 rings (SSSR count). The normalized spacial score (nSPS) is 12.4. The molecular formula is C20H30O2S. The summed E-state index contributed by atoms with van der Waals surface area (Å²) in [6.45, 7) is 4.50. The van der Waals surface area contributed by atoms with Crippen molar-refractivity contribution in [2.24, 2.45) is 0 Å². The highest BCUT2D eigenvalue weighted by Gasteiger charge is 2.08. The summed E-state index contributed by atoms with van der Waals surface area (Å²) in [5, 5.41) is 0.327. The van der Waals surface area contributed by atoms with E-state index >= 15 is 0 Å². The molecular weight excluding hydrogens is 304 g/mol. The molecule has 128 valence electrons. The highest BCUT2D eigenvalue weighted by atomic mass is 32.2. The van der Waals surface area contributed by atoms with Crippen LogP contribution in [0, 0.1) is 0 Å². The van der Waals surface area contributed by atoms with Gasteiger partial charge in [0.15, 0.2) is 0 Å². The van der Waals surface area contributed by atoms with Crippen LogP contribution >= 0.6 is 11.8 Å². The molecule has 23 heavy (non-hydrogen) atoms. The maximum Gasteiger partial charge on any atom is 0.330 e. The van der Waals surface area contributed by atoms with Gasteiger partial charge in [0, 0.05) is 16.2 Å². The minimum Gasteiger partial charge on any atom is -0.463 e. The fourth-order valence-electron chi connectivity index (χ4n) is 2.37. The van der Waals surface area contributed by atoms with Crippen LogP contribution in [-0.2, 0) is 9.53 Å². The van der Waals surface area contributed by atoms with Gasteiger partial charge in [0.2, 0.25) is 0 Å². The molecule has 0 aromatic heterocycles. The van der Waals surface area contributed by atoms with Gasteiger partial charge in [0.25, 0.3) is 0 Å². The van der Waals surface area contributed by atoms with Crippen molar-refractivity contribution in [2.45, 2.75) is 68.9 Å². The summed E-state index contributed by atoms with van der Waals surface area (Å²) in [4.78, 5) is 12.8. The van der Waals surface area contributed by atoms with Crippen LogP contribution in [0.5, 0.6) is 0 Å². The van der Waals surface area contributed by atoms with Gasteiger partial charge in [-0.2, -0.15) is 0 Å². The second kappa shape index (κ2) is 13.2. The summed E-state index contributed by atoms with van der Waals surface area (Å²) in [5.74, 6) is -0.242. The van der Waals surface area contributed by atoms with Crippen LogP contribution in [-0.4, -0.2) is 17.8 Å². The van der Waals surface area contributed by atoms with Crippen molar-refractivity contribution in [1.29, 1.82) is 0 Å². The zero-order chi connectivity index (χ0) is 16.8. The molecule has 1 aromatic rings. The number of thioether (sulfide) groups is 1. The van der Waals surface area contributed by atoms with Crippen molar-refractivity contribution in [3.05, 3.63) is 42.5 Å². The van der Waals surface area contributed by atoms with Gasteiger partial charge >= 0.3 is 5.97 Å². The highest BCUT2D eigenvalue weighted by molar-refractivity contribution is 8.00. The van der Waals surface area contributed by atoms with E-state index in [-0.39, 0.29) is 5.97 Å². The third-order valence-corrected chi connectivity index (χ3v) is 4.85. The Morgan fingerprint density at radius 1 is 1.09 bits per heavy atom. The Bertz CT molecular complexity index is 442. The molecule has 0 saturated heterocycles. The maximum absolute atomic E-state index is 11.5. The van der Waals surface area contributed by atoms with Crippen LogP contribution in [0.3, 0.4) is 0 Å². The number of hydrogen-bond donors (Lipinski definition) is 0. The minimum absolute atomic E-state index is 0.242. The Morgan fingerprint density at radius 2 is 1.78 bits per heavy atom. The van der Waals surface area contributed by atoms with Gasteiger partial charge in [0.1, 0.15) is 0 Å². The smallest absolute Gasteiger partial charge is 0.330 e. The second-order valence-electron chi connectivity index (χ2n) is 5.64. The van der Waals surface area contributed by atoms with Crippen molar-refractivity contribution >= 4 is 17.7 Å². The Morgan fingerprint density at radius 3 is 2.48 bits per heavy atom. The summed E-state index contributed by atoms with van der Waals surface area (Å²) in [5.41, 5.74) is 0. The lowest BCUT2D eigenvalue weighted by Crippen LogP contribution is -2.03. The summed E-state index contributed by atoms with van der Waals surface area (Å²) < 4.78 is 4.98. The molecule has 0 spiro atoms. The molecule has 0 fully saturated rings. The predicted octanol–water partition coefficient (Wildman–Crippen LogP) is 6.02. The molecule has 3 heteroatoms. The van der Waals surface area contributed by atoms with E-state index in [4.69, 9.17) is 4.74 Å². The quantitative estimate of drug-likeness (QED) is 0.202. The van der Waals surface area contributed by atoms with Crippen LogP contribution in [0.25, 0.3) is 0 Å². The first kappa shape index (κ1) is 19.8. The van der Waals surface area contributed by atoms with Crippen molar-refractivity contribution in [3.8, 4) is 0 Å². The van der Waals surface area contributed by atoms with Gasteiger partial charge < -0.3 is 4.74 Å². The van der Waals surface area contributed by atoms with Crippen molar-refractivity contribution in [3.63, 3.8) is 0 Å². The summed E-state index contributed by atoms with van der Waals surface area (Å²) in [6, 6.07) is 10.4. The number of hydrogen-bond acceptors (Lipinski definition) is 3. The molecule has 0 saturated carbocycles. The Hall–Kier alpha value is -1.22. The fraction of sp³-hybridized carbons (Fsp3) is 0.550. The average Bonchev–Trinajstić information content (AvgIpc) is 2.56. The van der Waals surface area contributed by atoms with Crippen molar-refractivity contribution in [1.82, 2.24) is 0 Å². The molecule has 2 nitrogen and oxygen atoms in total. The third-order valence-electron chi connectivity index (χ3n) is 3.61. The van der Waals surface area contributed by atoms with Gasteiger partial charge in [-0.15, -0.1) is 11.8 Å². The molecule has 0 radical (unpaired) electrons. The van der Waals surface area contributed by atoms with E-state index in [0.29, 0.717) is 11.9 Å². The van der Waals surface area contributed by atoms with E-state index < -0.39 is 0 Å². The van der Waals surface area contributed by atoms with Crippen LogP contribution in [0.15, 0.2) is 47.4 Å². The topological polar surface area (TPSA) is 26.3 Å². The molecule has 0 heterocycles. The monoisotopic (exact) mass is 334 g/mol. The van der Waals surface area contributed by atoms with E-state index in [2.05, 4.69) is 31.2 Å². The zero-order valence-corrected chi connectivity index (χ0v) is 15.3. The summed E-state index contributed by atoms with van der Waals surface area (Å²) in [6.07, 6.45) is 12.5. The van der Waals surface area contributed by atoms with Gasteiger partial charge in [0.05, 0.1) is 6.61 Å². The molecule has 0 aliphatic rings. The molecule has 1 atom stereocenters. The zero-order valence-electron chi connectivity index (χ0n) is 14.5. The first-order chi connectivity index (χ1) is 11.3. The van der Waals surface area contributed by atoms with Gasteiger partial charge in [-0.3, -0.25) is 0 Å². The van der Waals surface area contributed by atoms with E-state index in [9.17, 15) is 4.79 Å². The number of benzene rings is 1. The van der Waals surface area contributed by atoms with Gasteiger partial charge in [-0.05, 0) is 25.5 Å². The number of carbonyl (C=O) groups is 1. The number of ether oxygens (including phenoxy) is 1. The molecule has 1 aromatic carbocycles. The molecule has 0 bridgehead atoms. The lowest BCUT2D eigenvalue weighted by molar-refractivity contribution is -0.137. The maximum atomic E-state index is 11.5. The molecule has 0 aliphatic heterocycles. The minimum atomic E-state index is -0.242. The van der Waals surface area contributed by atoms with Crippen LogP contribution in [0.2, 0.25) is 0 Å². The lowest BCUT2D eigenvalue weighted by Gasteiger charge is -2.12. The van der Waals surface area contributed by atoms with Crippen LogP contribution in [0.4, 0.5) is 0 Å². The SMILES string of the molecule is CCCCCCCCC(/C=C/C(=O)OCC)Sc1ccccc1. The van der Waals surface area contributed by atoms with E-state index in [0.717, 1.165) is 6.42 Å². The molecule has 0 aliphatic carbocycles. The summed E-state index contributed by atoms with van der Waals surface area (Å²) in [7, 11) is 0. The van der Waals surface area contributed by atoms with E-state index in [1.165, 1.54) is 43.4 Å². The number of rotatable bonds is 12. The van der Waals surface area contributed by atoms with Crippen molar-refractivity contribution in [2.75, 3.05) is 6.61 Å². The van der Waals surface area contributed by atoms with Gasteiger partial charge in [-0.1, -0.05) is 69.7 Å². The number of carbonyl (C=O) groups excluding carboxylic acids is 1. The molecule has 1 unspecified atom stereocenters. The summed E-state index contributed by atoms with van der Waals surface area (Å²) >= 11 is 1.82. The first-order valence-corrected chi connectivity index (χ1v) is 9.70. The Labute approximate surface area is 145 Å². The van der Waals surface area contributed by atoms with E-state index in [1.54, 1.807) is 6.08 Å². The fourth-order valence-corrected chi connectivity index (χ4v) is 3.48. The Balaban J connectivity index is 2.46. The Kier molecular flexibility index (Phi) is 11.4. The predicted molar refractivity (Wildman–Crippen MR) is 99.9 cm³/mol. The number of unbranched alkanes of at least 4 members (excludes halogenated alkanes) is 5. The largest absolute Gasteiger partial charge is 0.463 e. The molecule has 0 N–H and O–H groups in total. The lowest BCUT2D eigenvalue weighted by atomic mass is 10.1. The standard InChI is InChI=1S/C20H30O2S/c1-3-5-6-7-8-10-15-19(16-17-20(21)22-4-2)23-18-13-11-9-12-14-18/h9,11-14,16-17,19H,3-8,10,15H2,1-2H3/b17-16+. The molecule has 0 amide bonds. The number of esters is 1. The first-order valence-electron chi connectivity index (χ1n) is 8.83. The average molecular weight is 335 g/mol. The van der Waals surface area contributed by atoms with Crippen LogP contribution < -0.4 is 0 Å². The second-order valence-corrected chi connectivity index (χ2v) is 6.95. The van der Waals surface area contributed by atoms with Crippen molar-refractivity contribution < 1.29 is 9.53 Å². The third kappa shape index (κ3) is 10.2. The van der Waals surface area contributed by atoms with Gasteiger partial charge in [-0.25, -0.2) is 4.79 Å². The van der Waals surface area contributed by atoms with E-state index in [1.807, 2.05) is 30.8 Å². The highest BCUT2D eigenvalue weighted by Crippen LogP contribution is 2.27.